The minimum absolute atomic E-state index is 0.0654. The Balaban J connectivity index is 1.44. The molecule has 0 radical (unpaired) electrons. The van der Waals surface area contributed by atoms with Crippen LogP contribution in [0.1, 0.15) is 26.7 Å². The molecule has 2 heterocycles. The van der Waals surface area contributed by atoms with E-state index < -0.39 is 0 Å². The van der Waals surface area contributed by atoms with Gasteiger partial charge in [-0.1, -0.05) is 27.7 Å². The summed E-state index contributed by atoms with van der Waals surface area (Å²) in [5.74, 6) is 1.19. The van der Waals surface area contributed by atoms with Crippen LogP contribution in [0.4, 0.5) is 11.5 Å². The van der Waals surface area contributed by atoms with Gasteiger partial charge < -0.3 is 15.5 Å². The third-order valence-corrected chi connectivity index (χ3v) is 6.17. The molecule has 30 heavy (non-hydrogen) atoms. The summed E-state index contributed by atoms with van der Waals surface area (Å²) >= 11 is 4.72. The molecule has 160 valence electrons. The Morgan fingerprint density at radius 1 is 1.13 bits per heavy atom. The van der Waals surface area contributed by atoms with Gasteiger partial charge >= 0.3 is 0 Å². The van der Waals surface area contributed by atoms with Crippen LogP contribution in [0.15, 0.2) is 45.9 Å². The molecule has 2 N–H and O–H groups in total. The van der Waals surface area contributed by atoms with Crippen LogP contribution in [0.2, 0.25) is 0 Å². The van der Waals surface area contributed by atoms with Crippen molar-refractivity contribution >= 4 is 51.0 Å². The molecule has 1 aliphatic heterocycles. The lowest BCUT2D eigenvalue weighted by Crippen LogP contribution is -2.42. The van der Waals surface area contributed by atoms with E-state index in [0.717, 1.165) is 41.9 Å². The highest BCUT2D eigenvalue weighted by atomic mass is 79.9. The molecule has 9 heteroatoms. The van der Waals surface area contributed by atoms with Crippen molar-refractivity contribution in [3.8, 4) is 0 Å². The van der Waals surface area contributed by atoms with Gasteiger partial charge in [-0.05, 0) is 63.1 Å². The monoisotopic (exact) mass is 491 g/mol. The number of benzene rings is 1. The van der Waals surface area contributed by atoms with Crippen LogP contribution in [0.3, 0.4) is 0 Å². The van der Waals surface area contributed by atoms with E-state index in [2.05, 4.69) is 41.7 Å². The maximum absolute atomic E-state index is 12.2. The van der Waals surface area contributed by atoms with Crippen LogP contribution in [0.25, 0.3) is 0 Å². The molecule has 0 aliphatic carbocycles. The second-order valence-corrected chi connectivity index (χ2v) is 9.41. The number of nitrogens with zero attached hydrogens (tertiary/aromatic N) is 3. The highest BCUT2D eigenvalue weighted by Crippen LogP contribution is 2.23. The van der Waals surface area contributed by atoms with Gasteiger partial charge in [0.15, 0.2) is 5.82 Å². The summed E-state index contributed by atoms with van der Waals surface area (Å²) in [7, 11) is 0. The van der Waals surface area contributed by atoms with E-state index in [-0.39, 0.29) is 29.5 Å². The molecule has 0 atom stereocenters. The quantitative estimate of drug-likeness (QED) is 0.574. The SMILES string of the molecule is CC(C)NC(=O)C1CCN(c2ccc(SCC(=O)Nc3ccc(Br)cc3)nn2)CC1. The number of thioether (sulfide) groups is 1. The molecule has 2 amide bonds. The molecule has 1 saturated heterocycles. The lowest BCUT2D eigenvalue weighted by molar-refractivity contribution is -0.126. The number of halogens is 1. The van der Waals surface area contributed by atoms with Crippen molar-refractivity contribution in [3.63, 3.8) is 0 Å². The minimum Gasteiger partial charge on any atom is -0.355 e. The summed E-state index contributed by atoms with van der Waals surface area (Å²) in [5, 5.41) is 15.1. The van der Waals surface area contributed by atoms with Gasteiger partial charge in [0, 0.05) is 35.2 Å². The molecule has 0 unspecified atom stereocenters. The average Bonchev–Trinajstić information content (AvgIpc) is 2.74. The first-order chi connectivity index (χ1) is 14.4. The summed E-state index contributed by atoms with van der Waals surface area (Å²) in [6.07, 6.45) is 1.62. The Bertz CT molecular complexity index is 853. The fourth-order valence-electron chi connectivity index (χ4n) is 3.20. The van der Waals surface area contributed by atoms with Crippen LogP contribution in [-0.4, -0.2) is 46.9 Å². The zero-order valence-corrected chi connectivity index (χ0v) is 19.5. The number of rotatable bonds is 7. The molecule has 1 aliphatic rings. The largest absolute Gasteiger partial charge is 0.355 e. The van der Waals surface area contributed by atoms with Gasteiger partial charge in [-0.25, -0.2) is 0 Å². The first-order valence-electron chi connectivity index (χ1n) is 9.98. The molecule has 0 bridgehead atoms. The van der Waals surface area contributed by atoms with Crippen molar-refractivity contribution in [1.82, 2.24) is 15.5 Å². The molecule has 7 nitrogen and oxygen atoms in total. The van der Waals surface area contributed by atoms with Crippen molar-refractivity contribution in [2.45, 2.75) is 37.8 Å². The average molecular weight is 492 g/mol. The van der Waals surface area contributed by atoms with Crippen LogP contribution in [0.5, 0.6) is 0 Å². The number of carbonyl (C=O) groups is 2. The molecule has 2 aromatic rings. The van der Waals surface area contributed by atoms with E-state index in [1.807, 2.05) is 50.2 Å². The third kappa shape index (κ3) is 6.70. The number of carbonyl (C=O) groups excluding carboxylic acids is 2. The molecule has 3 rings (SSSR count). The zero-order chi connectivity index (χ0) is 21.5. The number of aromatic nitrogens is 2. The summed E-state index contributed by atoms with van der Waals surface area (Å²) in [4.78, 5) is 26.4. The third-order valence-electron chi connectivity index (χ3n) is 4.73. The number of hydrogen-bond acceptors (Lipinski definition) is 6. The summed E-state index contributed by atoms with van der Waals surface area (Å²) in [5.41, 5.74) is 0.760. The first kappa shape index (κ1) is 22.6. The number of anilines is 2. The van der Waals surface area contributed by atoms with Crippen molar-refractivity contribution in [2.24, 2.45) is 5.92 Å². The second kappa shape index (κ2) is 10.8. The van der Waals surface area contributed by atoms with Crippen LogP contribution in [0, 0.1) is 5.92 Å². The number of nitrogens with one attached hydrogen (secondary N) is 2. The lowest BCUT2D eigenvalue weighted by Gasteiger charge is -2.32. The maximum atomic E-state index is 12.2. The molecular weight excluding hydrogens is 466 g/mol. The molecule has 1 fully saturated rings. The van der Waals surface area contributed by atoms with E-state index in [1.54, 1.807) is 0 Å². The highest BCUT2D eigenvalue weighted by molar-refractivity contribution is 9.10. The van der Waals surface area contributed by atoms with E-state index in [4.69, 9.17) is 0 Å². The minimum atomic E-state index is -0.0880. The van der Waals surface area contributed by atoms with Gasteiger partial charge in [0.1, 0.15) is 5.03 Å². The summed E-state index contributed by atoms with van der Waals surface area (Å²) < 4.78 is 0.966. The van der Waals surface area contributed by atoms with Crippen molar-refractivity contribution < 1.29 is 9.59 Å². The Morgan fingerprint density at radius 3 is 2.43 bits per heavy atom. The predicted octanol–water partition coefficient (Wildman–Crippen LogP) is 3.71. The van der Waals surface area contributed by atoms with E-state index in [1.165, 1.54) is 11.8 Å². The van der Waals surface area contributed by atoms with Crippen molar-refractivity contribution in [2.75, 3.05) is 29.1 Å². The lowest BCUT2D eigenvalue weighted by atomic mass is 9.95. The van der Waals surface area contributed by atoms with Crippen molar-refractivity contribution in [3.05, 3.63) is 40.9 Å². The normalized spacial score (nSPS) is 14.6. The predicted molar refractivity (Wildman–Crippen MR) is 124 cm³/mol. The summed E-state index contributed by atoms with van der Waals surface area (Å²) in [6.45, 7) is 5.53. The number of hydrogen-bond donors (Lipinski definition) is 2. The fourth-order valence-corrected chi connectivity index (χ4v) is 4.08. The van der Waals surface area contributed by atoms with Crippen LogP contribution in [-0.2, 0) is 9.59 Å². The Hall–Kier alpha value is -2.13. The van der Waals surface area contributed by atoms with E-state index >= 15 is 0 Å². The standard InChI is InChI=1S/C21H26BrN5O2S/c1-14(2)23-21(29)15-9-11-27(12-10-15)18-7-8-20(26-25-18)30-13-19(28)24-17-5-3-16(22)4-6-17/h3-8,14-15H,9-13H2,1-2H3,(H,23,29)(H,24,28). The molecule has 1 aromatic carbocycles. The molecule has 1 aromatic heterocycles. The summed E-state index contributed by atoms with van der Waals surface area (Å²) in [6, 6.07) is 11.4. The number of piperidine rings is 1. The maximum Gasteiger partial charge on any atom is 0.234 e. The smallest absolute Gasteiger partial charge is 0.234 e. The zero-order valence-electron chi connectivity index (χ0n) is 17.1. The van der Waals surface area contributed by atoms with Gasteiger partial charge in [-0.2, -0.15) is 0 Å². The van der Waals surface area contributed by atoms with Crippen LogP contribution < -0.4 is 15.5 Å². The number of amides is 2. The van der Waals surface area contributed by atoms with Gasteiger partial charge in [0.05, 0.1) is 5.75 Å². The van der Waals surface area contributed by atoms with Gasteiger partial charge in [-0.15, -0.1) is 10.2 Å². The van der Waals surface area contributed by atoms with Gasteiger partial charge in [0.2, 0.25) is 11.8 Å². The molecule has 0 saturated carbocycles. The fraction of sp³-hybridized carbons (Fsp3) is 0.429. The topological polar surface area (TPSA) is 87.2 Å². The first-order valence-corrected chi connectivity index (χ1v) is 11.8. The van der Waals surface area contributed by atoms with Crippen molar-refractivity contribution in [1.29, 1.82) is 0 Å². The van der Waals surface area contributed by atoms with Crippen LogP contribution >= 0.6 is 27.7 Å². The highest BCUT2D eigenvalue weighted by Gasteiger charge is 2.26. The Kier molecular flexibility index (Phi) is 8.09. The molecule has 0 spiro atoms. The Labute approximate surface area is 189 Å². The van der Waals surface area contributed by atoms with Gasteiger partial charge in [-0.3, -0.25) is 9.59 Å². The molecular formula is C21H26BrN5O2S. The second-order valence-electron chi connectivity index (χ2n) is 7.50. The Morgan fingerprint density at radius 2 is 1.83 bits per heavy atom. The van der Waals surface area contributed by atoms with E-state index in [0.29, 0.717) is 5.03 Å². The van der Waals surface area contributed by atoms with E-state index in [9.17, 15) is 9.59 Å². The van der Waals surface area contributed by atoms with Gasteiger partial charge in [0.25, 0.3) is 0 Å².